The van der Waals surface area contributed by atoms with Crippen LogP contribution in [-0.2, 0) is 4.74 Å². The number of aryl methyl sites for hydroxylation is 1. The molecule has 0 N–H and O–H groups in total. The number of methoxy groups -OCH3 is 1. The van der Waals surface area contributed by atoms with Crippen molar-refractivity contribution in [1.29, 1.82) is 0 Å². The minimum absolute atomic E-state index is 0.375. The molecule has 2 aromatic heterocycles. The lowest BCUT2D eigenvalue weighted by molar-refractivity contribution is 0.0594. The van der Waals surface area contributed by atoms with Gasteiger partial charge in [-0.3, -0.25) is 0 Å². The van der Waals surface area contributed by atoms with E-state index in [1.54, 1.807) is 0 Å². The molecule has 5 heteroatoms. The first-order valence-electron chi connectivity index (χ1n) is 6.26. The van der Waals surface area contributed by atoms with Crippen LogP contribution in [0.3, 0.4) is 0 Å². The zero-order valence-corrected chi connectivity index (χ0v) is 11.9. The van der Waals surface area contributed by atoms with E-state index in [-0.39, 0.29) is 0 Å². The van der Waals surface area contributed by atoms with E-state index in [9.17, 15) is 4.79 Å². The Morgan fingerprint density at radius 3 is 2.89 bits per heavy atom. The molecule has 2 atom stereocenters. The average Bonchev–Trinajstić information content (AvgIpc) is 2.83. The van der Waals surface area contributed by atoms with Crippen molar-refractivity contribution in [3.8, 4) is 10.8 Å². The number of rotatable bonds is 3. The van der Waals surface area contributed by atoms with Crippen molar-refractivity contribution in [3.05, 3.63) is 28.5 Å². The highest BCUT2D eigenvalue weighted by molar-refractivity contribution is 7.15. The van der Waals surface area contributed by atoms with Gasteiger partial charge in [-0.15, -0.1) is 11.3 Å². The number of hydrogen-bond acceptors (Lipinski definition) is 5. The van der Waals surface area contributed by atoms with Crippen LogP contribution in [0.5, 0.6) is 0 Å². The first kappa shape index (κ1) is 12.4. The number of carbonyl (C=O) groups is 1. The lowest BCUT2D eigenvalue weighted by Crippen LogP contribution is -2.02. The molecule has 0 aliphatic heterocycles. The van der Waals surface area contributed by atoms with Gasteiger partial charge in [0.1, 0.15) is 5.76 Å². The van der Waals surface area contributed by atoms with E-state index in [0.717, 1.165) is 21.4 Å². The van der Waals surface area contributed by atoms with Crippen molar-refractivity contribution < 1.29 is 13.9 Å². The molecule has 1 aliphatic carbocycles. The van der Waals surface area contributed by atoms with Gasteiger partial charge in [0.25, 0.3) is 0 Å². The highest BCUT2D eigenvalue weighted by atomic mass is 32.1. The van der Waals surface area contributed by atoms with E-state index >= 15 is 0 Å². The molecule has 0 aromatic carbocycles. The van der Waals surface area contributed by atoms with Crippen molar-refractivity contribution >= 4 is 17.3 Å². The molecule has 1 fully saturated rings. The van der Waals surface area contributed by atoms with Gasteiger partial charge in [0, 0.05) is 10.8 Å². The van der Waals surface area contributed by atoms with Gasteiger partial charge >= 0.3 is 5.97 Å². The lowest BCUT2D eigenvalue weighted by Gasteiger charge is -1.93. The molecular formula is C14H15NO3S. The third-order valence-corrected chi connectivity index (χ3v) is 4.47. The Bertz CT molecular complexity index is 628. The maximum absolute atomic E-state index is 11.5. The van der Waals surface area contributed by atoms with Crippen LogP contribution in [0.15, 0.2) is 16.5 Å². The van der Waals surface area contributed by atoms with Crippen LogP contribution in [0.1, 0.15) is 40.4 Å². The smallest absolute Gasteiger partial charge is 0.357 e. The van der Waals surface area contributed by atoms with Crippen LogP contribution in [0, 0.1) is 12.8 Å². The van der Waals surface area contributed by atoms with Crippen LogP contribution in [0.2, 0.25) is 0 Å². The first-order valence-corrected chi connectivity index (χ1v) is 7.07. The molecule has 0 saturated heterocycles. The fourth-order valence-electron chi connectivity index (χ4n) is 2.17. The molecule has 4 nitrogen and oxygen atoms in total. The maximum Gasteiger partial charge on any atom is 0.357 e. The van der Waals surface area contributed by atoms with Gasteiger partial charge < -0.3 is 9.15 Å². The highest BCUT2D eigenvalue weighted by Crippen LogP contribution is 2.48. The van der Waals surface area contributed by atoms with Gasteiger partial charge in [0.2, 0.25) is 0 Å². The van der Waals surface area contributed by atoms with Crippen LogP contribution in [-0.4, -0.2) is 18.1 Å². The van der Waals surface area contributed by atoms with Gasteiger partial charge in [-0.05, 0) is 31.4 Å². The predicted octanol–water partition coefficient (Wildman–Crippen LogP) is 3.62. The summed E-state index contributed by atoms with van der Waals surface area (Å²) in [5.41, 5.74) is 0.375. The Morgan fingerprint density at radius 1 is 1.53 bits per heavy atom. The van der Waals surface area contributed by atoms with E-state index in [1.807, 2.05) is 19.1 Å². The fourth-order valence-corrected chi connectivity index (χ4v) is 3.04. The third-order valence-electron chi connectivity index (χ3n) is 3.49. The molecular weight excluding hydrogens is 262 g/mol. The molecule has 0 amide bonds. The second kappa shape index (κ2) is 4.49. The van der Waals surface area contributed by atoms with Crippen LogP contribution >= 0.6 is 11.3 Å². The fraction of sp³-hybridized carbons (Fsp3) is 0.429. The number of ether oxygens (including phenoxy) is 1. The number of nitrogens with zero attached hydrogens (tertiary/aromatic N) is 1. The number of furan rings is 1. The van der Waals surface area contributed by atoms with Crippen molar-refractivity contribution in [2.45, 2.75) is 26.2 Å². The van der Waals surface area contributed by atoms with Crippen molar-refractivity contribution in [2.75, 3.05) is 7.11 Å². The summed E-state index contributed by atoms with van der Waals surface area (Å²) in [5, 5.41) is 0.734. The van der Waals surface area contributed by atoms with Gasteiger partial charge in [0.15, 0.2) is 16.5 Å². The van der Waals surface area contributed by atoms with Crippen molar-refractivity contribution in [2.24, 2.45) is 5.92 Å². The third kappa shape index (κ3) is 2.18. The zero-order chi connectivity index (χ0) is 13.6. The summed E-state index contributed by atoms with van der Waals surface area (Å²) in [6, 6.07) is 3.94. The standard InChI is InChI=1S/C14H15NO3S/c1-7-6-9(7)10-4-5-11(18-10)13-15-12(8(2)19-13)14(16)17-3/h4-5,7,9H,6H2,1-3H3. The summed E-state index contributed by atoms with van der Waals surface area (Å²) in [6.07, 6.45) is 1.19. The van der Waals surface area contributed by atoms with Crippen molar-refractivity contribution in [3.63, 3.8) is 0 Å². The normalized spacial score (nSPS) is 21.4. The Balaban J connectivity index is 1.90. The summed E-state index contributed by atoms with van der Waals surface area (Å²) in [6.45, 7) is 4.08. The largest absolute Gasteiger partial charge is 0.464 e. The highest BCUT2D eigenvalue weighted by Gasteiger charge is 2.36. The molecule has 0 radical (unpaired) electrons. The Kier molecular flexibility index (Phi) is 2.93. The van der Waals surface area contributed by atoms with Crippen LogP contribution < -0.4 is 0 Å². The molecule has 19 heavy (non-hydrogen) atoms. The van der Waals surface area contributed by atoms with E-state index in [4.69, 9.17) is 9.15 Å². The molecule has 0 spiro atoms. The Hall–Kier alpha value is -1.62. The molecule has 1 saturated carbocycles. The zero-order valence-electron chi connectivity index (χ0n) is 11.1. The van der Waals surface area contributed by atoms with Crippen LogP contribution in [0.4, 0.5) is 0 Å². The molecule has 3 rings (SSSR count). The molecule has 2 unspecified atom stereocenters. The average molecular weight is 277 g/mol. The quantitative estimate of drug-likeness (QED) is 0.804. The van der Waals surface area contributed by atoms with E-state index in [2.05, 4.69) is 11.9 Å². The molecule has 2 heterocycles. The maximum atomic E-state index is 11.5. The minimum Gasteiger partial charge on any atom is -0.464 e. The summed E-state index contributed by atoms with van der Waals surface area (Å²) in [5.74, 6) is 2.62. The number of thiazole rings is 1. The molecule has 1 aliphatic rings. The lowest BCUT2D eigenvalue weighted by atomic mass is 10.3. The minimum atomic E-state index is -0.400. The number of hydrogen-bond donors (Lipinski definition) is 0. The second-order valence-corrected chi connectivity index (χ2v) is 6.14. The summed E-state index contributed by atoms with van der Waals surface area (Å²) in [7, 11) is 1.36. The van der Waals surface area contributed by atoms with E-state index in [1.165, 1.54) is 24.9 Å². The monoisotopic (exact) mass is 277 g/mol. The topological polar surface area (TPSA) is 52.3 Å². The van der Waals surface area contributed by atoms with Gasteiger partial charge in [-0.25, -0.2) is 9.78 Å². The summed E-state index contributed by atoms with van der Waals surface area (Å²) in [4.78, 5) is 16.7. The molecule has 0 bridgehead atoms. The predicted molar refractivity (Wildman–Crippen MR) is 72.4 cm³/mol. The number of carbonyl (C=O) groups excluding carboxylic acids is 1. The Morgan fingerprint density at radius 2 is 2.26 bits per heavy atom. The molecule has 2 aromatic rings. The second-order valence-electron chi connectivity index (χ2n) is 4.94. The summed E-state index contributed by atoms with van der Waals surface area (Å²) < 4.78 is 10.5. The van der Waals surface area contributed by atoms with Gasteiger partial charge in [-0.2, -0.15) is 0 Å². The number of esters is 1. The first-order chi connectivity index (χ1) is 9.10. The Labute approximate surface area is 115 Å². The van der Waals surface area contributed by atoms with Crippen molar-refractivity contribution in [1.82, 2.24) is 4.98 Å². The van der Waals surface area contributed by atoms with Crippen LogP contribution in [0.25, 0.3) is 10.8 Å². The van der Waals surface area contributed by atoms with E-state index in [0.29, 0.717) is 17.5 Å². The van der Waals surface area contributed by atoms with Gasteiger partial charge in [0.05, 0.1) is 7.11 Å². The number of aromatic nitrogens is 1. The SMILES string of the molecule is COC(=O)c1nc(-c2ccc(C3CC3C)o2)sc1C. The molecule has 100 valence electrons. The van der Waals surface area contributed by atoms with Gasteiger partial charge in [-0.1, -0.05) is 6.92 Å². The van der Waals surface area contributed by atoms with E-state index < -0.39 is 5.97 Å². The summed E-state index contributed by atoms with van der Waals surface area (Å²) >= 11 is 1.45.